The Bertz CT molecular complexity index is 346. The molecule has 0 bridgehead atoms. The smallest absolute Gasteiger partial charge is 0.212 e. The van der Waals surface area contributed by atoms with Gasteiger partial charge < -0.3 is 10.3 Å². The van der Waals surface area contributed by atoms with Gasteiger partial charge in [-0.1, -0.05) is 0 Å². The highest BCUT2D eigenvalue weighted by molar-refractivity contribution is 7.89. The molecule has 1 rings (SSSR count). The molecule has 0 aliphatic heterocycles. The molecule has 0 radical (unpaired) electrons. The van der Waals surface area contributed by atoms with Crippen molar-refractivity contribution < 1.29 is 8.42 Å². The fraction of sp³-hybridized carbons (Fsp3) is 0.571. The third kappa shape index (κ3) is 3.86. The van der Waals surface area contributed by atoms with E-state index in [9.17, 15) is 8.42 Å². The van der Waals surface area contributed by atoms with Crippen molar-refractivity contribution in [3.05, 3.63) is 18.2 Å². The molecule has 0 aliphatic carbocycles. The molecule has 1 aromatic rings. The van der Waals surface area contributed by atoms with E-state index in [1.54, 1.807) is 12.4 Å². The van der Waals surface area contributed by atoms with Crippen molar-refractivity contribution in [1.82, 2.24) is 20.0 Å². The molecule has 0 unspecified atom stereocenters. The van der Waals surface area contributed by atoms with E-state index in [1.165, 1.54) is 7.05 Å². The van der Waals surface area contributed by atoms with Crippen molar-refractivity contribution in [2.24, 2.45) is 0 Å². The third-order valence-corrected chi connectivity index (χ3v) is 3.07. The molecule has 1 heterocycles. The molecule has 1 aromatic heterocycles. The number of nitrogens with one attached hydrogen (secondary N) is 3. The number of hydrogen-bond acceptors (Lipinski definition) is 4. The molecule has 3 N–H and O–H groups in total. The molecule has 0 atom stereocenters. The lowest BCUT2D eigenvalue weighted by molar-refractivity contribution is 0.582. The minimum Gasteiger partial charge on any atom is -0.348 e. The molecule has 0 saturated carbocycles. The first kappa shape index (κ1) is 11.2. The second-order valence-electron chi connectivity index (χ2n) is 2.74. The van der Waals surface area contributed by atoms with Gasteiger partial charge in [0.15, 0.2) is 0 Å². The molecule has 14 heavy (non-hydrogen) atoms. The topological polar surface area (TPSA) is 86.9 Å². The van der Waals surface area contributed by atoms with Crippen LogP contribution >= 0.6 is 0 Å². The van der Waals surface area contributed by atoms with Gasteiger partial charge in [-0.3, -0.25) is 0 Å². The van der Waals surface area contributed by atoms with Crippen molar-refractivity contribution >= 4 is 10.0 Å². The SMILES string of the molecule is CNS(=O)(=O)CCNCc1ncc[nH]1. The number of H-pyrrole nitrogens is 1. The number of aromatic nitrogens is 2. The van der Waals surface area contributed by atoms with Gasteiger partial charge in [-0.2, -0.15) is 0 Å². The summed E-state index contributed by atoms with van der Waals surface area (Å²) in [6.45, 7) is 0.954. The lowest BCUT2D eigenvalue weighted by Crippen LogP contribution is -2.29. The Morgan fingerprint density at radius 3 is 2.93 bits per heavy atom. The van der Waals surface area contributed by atoms with Crippen LogP contribution in [0.2, 0.25) is 0 Å². The minimum atomic E-state index is -3.10. The van der Waals surface area contributed by atoms with Crippen LogP contribution in [0.5, 0.6) is 0 Å². The van der Waals surface area contributed by atoms with E-state index in [1.807, 2.05) is 0 Å². The monoisotopic (exact) mass is 218 g/mol. The zero-order valence-corrected chi connectivity index (χ0v) is 8.76. The standard InChI is InChI=1S/C7H14N4O2S/c1-8-14(12,13)5-4-9-6-7-10-2-3-11-7/h2-3,8-9H,4-6H2,1H3,(H,10,11). The highest BCUT2D eigenvalue weighted by atomic mass is 32.2. The van der Waals surface area contributed by atoms with Crippen LogP contribution in [0.3, 0.4) is 0 Å². The Labute approximate surface area is 83.2 Å². The van der Waals surface area contributed by atoms with E-state index in [0.29, 0.717) is 13.1 Å². The molecule has 0 saturated heterocycles. The van der Waals surface area contributed by atoms with E-state index < -0.39 is 10.0 Å². The van der Waals surface area contributed by atoms with Crippen molar-refractivity contribution in [3.63, 3.8) is 0 Å². The molecular weight excluding hydrogens is 204 g/mol. The maximum atomic E-state index is 11.0. The Morgan fingerprint density at radius 1 is 1.57 bits per heavy atom. The van der Waals surface area contributed by atoms with E-state index in [4.69, 9.17) is 0 Å². The molecule has 0 aromatic carbocycles. The predicted molar refractivity (Wildman–Crippen MR) is 53.1 cm³/mol. The van der Waals surface area contributed by atoms with E-state index in [0.717, 1.165) is 5.82 Å². The van der Waals surface area contributed by atoms with Crippen molar-refractivity contribution in [2.45, 2.75) is 6.54 Å². The fourth-order valence-electron chi connectivity index (χ4n) is 0.910. The summed E-state index contributed by atoms with van der Waals surface area (Å²) < 4.78 is 24.2. The van der Waals surface area contributed by atoms with Crippen molar-refractivity contribution in [1.29, 1.82) is 0 Å². The van der Waals surface area contributed by atoms with E-state index in [-0.39, 0.29) is 5.75 Å². The van der Waals surface area contributed by atoms with Crippen LogP contribution in [0.25, 0.3) is 0 Å². The van der Waals surface area contributed by atoms with Crippen LogP contribution in [0.15, 0.2) is 12.4 Å². The largest absolute Gasteiger partial charge is 0.348 e. The average molecular weight is 218 g/mol. The normalized spacial score (nSPS) is 11.8. The van der Waals surface area contributed by atoms with Crippen LogP contribution in [0.1, 0.15) is 5.82 Å². The maximum Gasteiger partial charge on any atom is 0.212 e. The molecule has 80 valence electrons. The summed E-state index contributed by atoms with van der Waals surface area (Å²) in [5.74, 6) is 0.872. The van der Waals surface area contributed by atoms with Crippen LogP contribution in [0.4, 0.5) is 0 Å². The van der Waals surface area contributed by atoms with E-state index >= 15 is 0 Å². The first-order valence-corrected chi connectivity index (χ1v) is 5.89. The highest BCUT2D eigenvalue weighted by Gasteiger charge is 2.05. The van der Waals surface area contributed by atoms with Gasteiger partial charge in [0.1, 0.15) is 5.82 Å². The predicted octanol–water partition coefficient (Wildman–Crippen LogP) is -0.951. The Hall–Kier alpha value is -0.920. The lowest BCUT2D eigenvalue weighted by atomic mass is 10.6. The number of sulfonamides is 1. The Kier molecular flexibility index (Phi) is 4.05. The van der Waals surface area contributed by atoms with Gasteiger partial charge in [0.05, 0.1) is 12.3 Å². The van der Waals surface area contributed by atoms with Gasteiger partial charge in [-0.05, 0) is 7.05 Å². The zero-order chi connectivity index (χ0) is 10.4. The first-order valence-electron chi connectivity index (χ1n) is 4.24. The summed E-state index contributed by atoms with van der Waals surface area (Å²) in [5, 5.41) is 2.97. The molecule has 0 spiro atoms. The summed E-state index contributed by atoms with van der Waals surface area (Å²) >= 11 is 0. The van der Waals surface area contributed by atoms with Crippen LogP contribution < -0.4 is 10.0 Å². The number of aromatic amines is 1. The van der Waals surface area contributed by atoms with Gasteiger partial charge in [-0.15, -0.1) is 0 Å². The van der Waals surface area contributed by atoms with Crippen molar-refractivity contribution in [2.75, 3.05) is 19.3 Å². The second-order valence-corrected chi connectivity index (χ2v) is 4.78. The molecule has 7 heteroatoms. The molecular formula is C7H14N4O2S. The maximum absolute atomic E-state index is 11.0. The van der Waals surface area contributed by atoms with Crippen LogP contribution in [-0.2, 0) is 16.6 Å². The lowest BCUT2D eigenvalue weighted by Gasteiger charge is -2.03. The van der Waals surface area contributed by atoms with Gasteiger partial charge >= 0.3 is 0 Å². The van der Waals surface area contributed by atoms with Crippen molar-refractivity contribution in [3.8, 4) is 0 Å². The van der Waals surface area contributed by atoms with Gasteiger partial charge in [0.2, 0.25) is 10.0 Å². The number of rotatable bonds is 6. The zero-order valence-electron chi connectivity index (χ0n) is 7.95. The average Bonchev–Trinajstić information content (AvgIpc) is 2.65. The number of nitrogens with zero attached hydrogens (tertiary/aromatic N) is 1. The Morgan fingerprint density at radius 2 is 2.36 bits per heavy atom. The third-order valence-electron chi connectivity index (χ3n) is 1.71. The summed E-state index contributed by atoms with van der Waals surface area (Å²) in [4.78, 5) is 6.90. The summed E-state index contributed by atoms with van der Waals surface area (Å²) in [7, 11) is -1.70. The first-order chi connectivity index (χ1) is 6.64. The summed E-state index contributed by atoms with van der Waals surface area (Å²) in [6.07, 6.45) is 3.38. The molecule has 6 nitrogen and oxygen atoms in total. The molecule has 0 amide bonds. The summed E-state index contributed by atoms with van der Waals surface area (Å²) in [5.41, 5.74) is 0. The number of imidazole rings is 1. The van der Waals surface area contributed by atoms with E-state index in [2.05, 4.69) is 20.0 Å². The number of hydrogen-bond donors (Lipinski definition) is 3. The van der Waals surface area contributed by atoms with Crippen LogP contribution in [-0.4, -0.2) is 37.7 Å². The minimum absolute atomic E-state index is 0.0736. The second kappa shape index (κ2) is 5.08. The highest BCUT2D eigenvalue weighted by Crippen LogP contribution is 1.86. The summed E-state index contributed by atoms with van der Waals surface area (Å²) in [6, 6.07) is 0. The quantitative estimate of drug-likeness (QED) is 0.537. The van der Waals surface area contributed by atoms with Crippen LogP contribution in [0, 0.1) is 0 Å². The molecule has 0 fully saturated rings. The molecule has 0 aliphatic rings. The van der Waals surface area contributed by atoms with Gasteiger partial charge in [0.25, 0.3) is 0 Å². The fourth-order valence-corrected chi connectivity index (χ4v) is 1.53. The van der Waals surface area contributed by atoms with Gasteiger partial charge in [0, 0.05) is 18.9 Å². The Balaban J connectivity index is 2.17. The van der Waals surface area contributed by atoms with Gasteiger partial charge in [-0.25, -0.2) is 18.1 Å².